The molecule has 2 heterocycles. The van der Waals surface area contributed by atoms with Gasteiger partial charge in [-0.1, -0.05) is 6.07 Å². The number of rotatable bonds is 5. The predicted octanol–water partition coefficient (Wildman–Crippen LogP) is 3.20. The zero-order chi connectivity index (χ0) is 19.4. The predicted molar refractivity (Wildman–Crippen MR) is 95.4 cm³/mol. The van der Waals surface area contributed by atoms with Crippen LogP contribution in [0.5, 0.6) is 0 Å². The summed E-state index contributed by atoms with van der Waals surface area (Å²) < 4.78 is 38.3. The Labute approximate surface area is 157 Å². The Hall–Kier alpha value is -2.46. The highest BCUT2D eigenvalue weighted by molar-refractivity contribution is 7.13. The Kier molecular flexibility index (Phi) is 5.76. The summed E-state index contributed by atoms with van der Waals surface area (Å²) in [5.41, 5.74) is -0.764. The number of nitrogens with zero attached hydrogens (tertiary/aromatic N) is 2. The molecule has 1 aromatic carbocycles. The molecule has 1 atom stereocenters. The van der Waals surface area contributed by atoms with Gasteiger partial charge in [0.25, 0.3) is 0 Å². The molecule has 0 radical (unpaired) electrons. The van der Waals surface area contributed by atoms with Crippen molar-refractivity contribution in [3.63, 3.8) is 0 Å². The number of amides is 2. The molecule has 1 saturated heterocycles. The van der Waals surface area contributed by atoms with E-state index in [1.54, 1.807) is 16.5 Å². The molecule has 0 bridgehead atoms. The summed E-state index contributed by atoms with van der Waals surface area (Å²) in [6.07, 6.45) is -1.54. The number of aromatic nitrogens is 1. The van der Waals surface area contributed by atoms with Gasteiger partial charge < -0.3 is 10.6 Å². The third-order valence-corrected chi connectivity index (χ3v) is 4.84. The van der Waals surface area contributed by atoms with Crippen LogP contribution in [0.1, 0.15) is 18.4 Å². The number of hydrogen-bond donors (Lipinski definition) is 2. The van der Waals surface area contributed by atoms with Crippen LogP contribution in [-0.4, -0.2) is 40.8 Å². The van der Waals surface area contributed by atoms with Gasteiger partial charge in [-0.2, -0.15) is 13.2 Å². The van der Waals surface area contributed by atoms with Crippen LogP contribution in [0.3, 0.4) is 0 Å². The minimum Gasteiger partial charge on any atom is -0.325 e. The molecule has 144 valence electrons. The number of carbonyl (C=O) groups excluding carboxylic acids is 2. The van der Waals surface area contributed by atoms with Crippen molar-refractivity contribution in [2.24, 2.45) is 0 Å². The number of benzene rings is 1. The molecule has 1 unspecified atom stereocenters. The highest BCUT2D eigenvalue weighted by Gasteiger charge is 2.33. The number of thiazole rings is 1. The fraction of sp³-hybridized carbons (Fsp3) is 0.353. The molecule has 0 saturated carbocycles. The van der Waals surface area contributed by atoms with E-state index in [1.165, 1.54) is 23.5 Å². The SMILES string of the molecule is O=C(CN1CCCC1C(=O)Nc1nccs1)Nc1cccc(C(F)(F)F)c1. The summed E-state index contributed by atoms with van der Waals surface area (Å²) in [4.78, 5) is 30.3. The molecule has 1 aliphatic heterocycles. The Morgan fingerprint density at radius 3 is 2.81 bits per heavy atom. The van der Waals surface area contributed by atoms with Gasteiger partial charge in [-0.3, -0.25) is 14.5 Å². The second-order valence-corrected chi connectivity index (χ2v) is 6.98. The highest BCUT2D eigenvalue weighted by Crippen LogP contribution is 2.30. The molecule has 1 aliphatic rings. The van der Waals surface area contributed by atoms with Crippen molar-refractivity contribution < 1.29 is 22.8 Å². The fourth-order valence-corrected chi connectivity index (χ4v) is 3.48. The summed E-state index contributed by atoms with van der Waals surface area (Å²) in [5.74, 6) is -0.711. The van der Waals surface area contributed by atoms with Crippen molar-refractivity contribution in [1.29, 1.82) is 0 Å². The van der Waals surface area contributed by atoms with Crippen molar-refractivity contribution in [2.45, 2.75) is 25.1 Å². The second kappa shape index (κ2) is 8.05. The van der Waals surface area contributed by atoms with E-state index in [-0.39, 0.29) is 18.1 Å². The quantitative estimate of drug-likeness (QED) is 0.811. The molecular formula is C17H17F3N4O2S. The largest absolute Gasteiger partial charge is 0.416 e. The van der Waals surface area contributed by atoms with Crippen LogP contribution in [0.2, 0.25) is 0 Å². The van der Waals surface area contributed by atoms with Gasteiger partial charge in [-0.15, -0.1) is 11.3 Å². The Morgan fingerprint density at radius 2 is 2.11 bits per heavy atom. The molecule has 0 spiro atoms. The first-order valence-corrected chi connectivity index (χ1v) is 9.12. The number of anilines is 2. The van der Waals surface area contributed by atoms with Gasteiger partial charge in [0.1, 0.15) is 0 Å². The van der Waals surface area contributed by atoms with Gasteiger partial charge in [-0.25, -0.2) is 4.98 Å². The molecule has 2 N–H and O–H groups in total. The maximum atomic E-state index is 12.8. The van der Waals surface area contributed by atoms with Crippen molar-refractivity contribution >= 4 is 34.0 Å². The summed E-state index contributed by atoms with van der Waals surface area (Å²) in [6.45, 7) is 0.484. The third-order valence-electron chi connectivity index (χ3n) is 4.15. The lowest BCUT2D eigenvalue weighted by atomic mass is 10.2. The zero-order valence-electron chi connectivity index (χ0n) is 14.1. The smallest absolute Gasteiger partial charge is 0.325 e. The first kappa shape index (κ1) is 19.3. The van der Waals surface area contributed by atoms with Gasteiger partial charge in [0, 0.05) is 17.3 Å². The van der Waals surface area contributed by atoms with Gasteiger partial charge in [0.15, 0.2) is 5.13 Å². The van der Waals surface area contributed by atoms with Gasteiger partial charge in [0.05, 0.1) is 18.2 Å². The average molecular weight is 398 g/mol. The van der Waals surface area contributed by atoms with Crippen LogP contribution in [0.4, 0.5) is 24.0 Å². The zero-order valence-corrected chi connectivity index (χ0v) is 14.9. The molecule has 2 aromatic rings. The van der Waals surface area contributed by atoms with Crippen LogP contribution in [0, 0.1) is 0 Å². The monoisotopic (exact) mass is 398 g/mol. The van der Waals surface area contributed by atoms with Crippen LogP contribution in [0.15, 0.2) is 35.8 Å². The minimum atomic E-state index is -4.48. The van der Waals surface area contributed by atoms with Crippen LogP contribution in [-0.2, 0) is 15.8 Å². The van der Waals surface area contributed by atoms with Crippen molar-refractivity contribution in [3.05, 3.63) is 41.4 Å². The van der Waals surface area contributed by atoms with E-state index in [1.807, 2.05) is 0 Å². The minimum absolute atomic E-state index is 0.0674. The maximum absolute atomic E-state index is 12.8. The van der Waals surface area contributed by atoms with Crippen molar-refractivity contribution in [3.8, 4) is 0 Å². The number of halogens is 3. The molecule has 2 amide bonds. The maximum Gasteiger partial charge on any atom is 0.416 e. The number of carbonyl (C=O) groups is 2. The first-order chi connectivity index (χ1) is 12.8. The lowest BCUT2D eigenvalue weighted by Crippen LogP contribution is -2.43. The number of likely N-dealkylation sites (tertiary alicyclic amines) is 1. The normalized spacial score (nSPS) is 17.7. The van der Waals surface area contributed by atoms with Gasteiger partial charge >= 0.3 is 6.18 Å². The molecule has 6 nitrogen and oxygen atoms in total. The number of nitrogens with one attached hydrogen (secondary N) is 2. The second-order valence-electron chi connectivity index (χ2n) is 6.08. The third kappa shape index (κ3) is 5.04. The number of hydrogen-bond acceptors (Lipinski definition) is 5. The lowest BCUT2D eigenvalue weighted by Gasteiger charge is -2.22. The molecular weight excluding hydrogens is 381 g/mol. The molecule has 1 aromatic heterocycles. The lowest BCUT2D eigenvalue weighted by molar-refractivity contribution is -0.137. The van der Waals surface area contributed by atoms with E-state index in [0.29, 0.717) is 18.1 Å². The molecule has 0 aliphatic carbocycles. The van der Waals surface area contributed by atoms with Gasteiger partial charge in [0.2, 0.25) is 11.8 Å². The van der Waals surface area contributed by atoms with E-state index in [0.717, 1.165) is 18.6 Å². The number of alkyl halides is 3. The van der Waals surface area contributed by atoms with Crippen molar-refractivity contribution in [1.82, 2.24) is 9.88 Å². The average Bonchev–Trinajstić information content (AvgIpc) is 3.26. The standard InChI is InChI=1S/C17H17F3N4O2S/c18-17(19,20)11-3-1-4-12(9-11)22-14(25)10-24-7-2-5-13(24)15(26)23-16-21-6-8-27-16/h1,3-4,6,8-9,13H,2,5,7,10H2,(H,22,25)(H,21,23,26). The molecule has 27 heavy (non-hydrogen) atoms. The van der Waals surface area contributed by atoms with Crippen LogP contribution < -0.4 is 10.6 Å². The van der Waals surface area contributed by atoms with E-state index in [9.17, 15) is 22.8 Å². The van der Waals surface area contributed by atoms with E-state index < -0.39 is 23.7 Å². The Morgan fingerprint density at radius 1 is 1.30 bits per heavy atom. The molecule has 1 fully saturated rings. The fourth-order valence-electron chi connectivity index (χ4n) is 2.94. The molecule has 3 rings (SSSR count). The summed E-state index contributed by atoms with van der Waals surface area (Å²) >= 11 is 1.30. The Balaban J connectivity index is 1.59. The van der Waals surface area contributed by atoms with Gasteiger partial charge in [-0.05, 0) is 37.6 Å². The van der Waals surface area contributed by atoms with Crippen LogP contribution >= 0.6 is 11.3 Å². The van der Waals surface area contributed by atoms with E-state index in [2.05, 4.69) is 15.6 Å². The highest BCUT2D eigenvalue weighted by atomic mass is 32.1. The summed E-state index contributed by atoms with van der Waals surface area (Å²) in [6, 6.07) is 3.98. The summed E-state index contributed by atoms with van der Waals surface area (Å²) in [5, 5.41) is 7.40. The van der Waals surface area contributed by atoms with Crippen molar-refractivity contribution in [2.75, 3.05) is 23.7 Å². The molecule has 10 heteroatoms. The first-order valence-electron chi connectivity index (χ1n) is 8.24. The van der Waals surface area contributed by atoms with E-state index in [4.69, 9.17) is 0 Å². The Bertz CT molecular complexity index is 811. The van der Waals surface area contributed by atoms with Crippen LogP contribution in [0.25, 0.3) is 0 Å². The summed E-state index contributed by atoms with van der Waals surface area (Å²) in [7, 11) is 0. The topological polar surface area (TPSA) is 74.3 Å². The van der Waals surface area contributed by atoms with E-state index >= 15 is 0 Å².